The van der Waals surface area contributed by atoms with E-state index in [2.05, 4.69) is 72.8 Å². The van der Waals surface area contributed by atoms with Crippen LogP contribution in [0.2, 0.25) is 39.3 Å². The van der Waals surface area contributed by atoms with Crippen LogP contribution in [-0.2, 0) is 0 Å². The summed E-state index contributed by atoms with van der Waals surface area (Å²) in [5.74, 6) is 5.82. The summed E-state index contributed by atoms with van der Waals surface area (Å²) in [4.78, 5) is 26.7. The van der Waals surface area contributed by atoms with Crippen molar-refractivity contribution >= 4 is 39.3 Å². The van der Waals surface area contributed by atoms with Gasteiger partial charge in [0, 0.05) is 22.4 Å². The zero-order chi connectivity index (χ0) is 29.5. The van der Waals surface area contributed by atoms with Crippen LogP contribution in [0.1, 0.15) is 37.4 Å². The van der Waals surface area contributed by atoms with Gasteiger partial charge in [-0.1, -0.05) is 51.1 Å². The Morgan fingerprint density at radius 3 is 1.80 bits per heavy atom. The van der Waals surface area contributed by atoms with Crippen LogP contribution in [0, 0.1) is 34.3 Å². The van der Waals surface area contributed by atoms with Gasteiger partial charge in [-0.2, -0.15) is 5.26 Å². The highest BCUT2D eigenvalue weighted by atomic mass is 28.3. The first-order valence-corrected chi connectivity index (χ1v) is 19.8. The van der Waals surface area contributed by atoms with Gasteiger partial charge in [0.2, 0.25) is 0 Å². The van der Waals surface area contributed by atoms with Crippen molar-refractivity contribution in [3.05, 3.63) is 88.5 Å². The second kappa shape index (κ2) is 12.5. The number of nitriles is 1. The number of hydrogen-bond acceptors (Lipinski definition) is 4. The molecule has 0 bridgehead atoms. The first-order valence-electron chi connectivity index (χ1n) is 12.8. The summed E-state index contributed by atoms with van der Waals surface area (Å²) in [6, 6.07) is 19.0. The maximum Gasteiger partial charge on any atom is 0.257 e. The summed E-state index contributed by atoms with van der Waals surface area (Å²) < 4.78 is 5.60. The predicted molar refractivity (Wildman–Crippen MR) is 167 cm³/mol. The molecule has 0 aromatic heterocycles. The molecule has 40 heavy (non-hydrogen) atoms. The topological polar surface area (TPSA) is 91.2 Å². The normalized spacial score (nSPS) is 10.7. The van der Waals surface area contributed by atoms with E-state index in [0.717, 1.165) is 5.56 Å². The van der Waals surface area contributed by atoms with Gasteiger partial charge in [0.15, 0.2) is 0 Å². The van der Waals surface area contributed by atoms with Crippen LogP contribution in [-0.4, -0.2) is 35.1 Å². The van der Waals surface area contributed by atoms with E-state index in [4.69, 9.17) is 10.00 Å². The van der Waals surface area contributed by atoms with E-state index < -0.39 is 28.0 Å². The predicted octanol–water partition coefficient (Wildman–Crippen LogP) is 6.53. The summed E-state index contributed by atoms with van der Waals surface area (Å²) in [5.41, 5.74) is 9.93. The Labute approximate surface area is 238 Å². The number of carbonyl (C=O) groups is 2. The molecule has 8 heteroatoms. The van der Waals surface area contributed by atoms with Gasteiger partial charge in [-0.15, -0.1) is 11.1 Å². The highest BCUT2D eigenvalue weighted by Crippen LogP contribution is 2.32. The molecule has 3 aromatic rings. The molecule has 0 unspecified atom stereocenters. The SMILES string of the molecule is COc1cc(C#C[Si](C)(C)C)cc(C(=O)Nc2ccc(C#C[Si](C)(C)C)cc2)c1NC(=O)c1ccc(C#N)cc1. The average Bonchev–Trinajstić information content (AvgIpc) is 2.90. The Bertz CT molecular complexity index is 1590. The molecule has 0 spiro atoms. The Morgan fingerprint density at radius 1 is 0.725 bits per heavy atom. The number of methoxy groups -OCH3 is 1. The van der Waals surface area contributed by atoms with E-state index >= 15 is 0 Å². The molecule has 0 atom stereocenters. The third-order valence-corrected chi connectivity index (χ3v) is 7.14. The molecule has 2 N–H and O–H groups in total. The van der Waals surface area contributed by atoms with Crippen LogP contribution in [0.3, 0.4) is 0 Å². The summed E-state index contributed by atoms with van der Waals surface area (Å²) in [7, 11) is -1.72. The number of carbonyl (C=O) groups excluding carboxylic acids is 2. The van der Waals surface area contributed by atoms with E-state index in [9.17, 15) is 9.59 Å². The van der Waals surface area contributed by atoms with E-state index in [-0.39, 0.29) is 11.3 Å². The number of nitrogens with zero attached hydrogens (tertiary/aromatic N) is 1. The lowest BCUT2D eigenvalue weighted by Gasteiger charge is -2.16. The van der Waals surface area contributed by atoms with Gasteiger partial charge in [0.1, 0.15) is 21.9 Å². The number of ether oxygens (including phenoxy) is 1. The minimum atomic E-state index is -1.69. The lowest BCUT2D eigenvalue weighted by molar-refractivity contribution is 0.102. The van der Waals surface area contributed by atoms with Gasteiger partial charge < -0.3 is 15.4 Å². The number of benzene rings is 3. The fraction of sp³-hybridized carbons (Fsp3) is 0.219. The smallest absolute Gasteiger partial charge is 0.257 e. The number of hydrogen-bond donors (Lipinski definition) is 2. The fourth-order valence-corrected chi connectivity index (χ4v) is 4.43. The second-order valence-electron chi connectivity index (χ2n) is 11.3. The average molecular weight is 564 g/mol. The molecule has 0 saturated heterocycles. The van der Waals surface area contributed by atoms with Crippen molar-refractivity contribution in [3.8, 4) is 34.7 Å². The van der Waals surface area contributed by atoms with Crippen LogP contribution in [0.5, 0.6) is 5.75 Å². The maximum atomic E-state index is 13.6. The van der Waals surface area contributed by atoms with Crippen molar-refractivity contribution in [2.24, 2.45) is 0 Å². The molecule has 6 nitrogen and oxygen atoms in total. The monoisotopic (exact) mass is 563 g/mol. The van der Waals surface area contributed by atoms with Crippen molar-refractivity contribution in [1.29, 1.82) is 5.26 Å². The van der Waals surface area contributed by atoms with E-state index in [1.54, 1.807) is 48.5 Å². The van der Waals surface area contributed by atoms with Crippen molar-refractivity contribution in [2.45, 2.75) is 39.3 Å². The largest absolute Gasteiger partial charge is 0.495 e. The highest BCUT2D eigenvalue weighted by molar-refractivity contribution is 6.84. The quantitative estimate of drug-likeness (QED) is 0.273. The van der Waals surface area contributed by atoms with Gasteiger partial charge in [-0.25, -0.2) is 0 Å². The first-order chi connectivity index (χ1) is 18.8. The maximum absolute atomic E-state index is 13.6. The van der Waals surface area contributed by atoms with Gasteiger partial charge >= 0.3 is 0 Å². The molecule has 0 aliphatic heterocycles. The lowest BCUT2D eigenvalue weighted by atomic mass is 10.1. The molecule has 0 heterocycles. The second-order valence-corrected chi connectivity index (χ2v) is 20.8. The molecular formula is C32H33N3O3Si2. The van der Waals surface area contributed by atoms with Crippen LogP contribution in [0.25, 0.3) is 0 Å². The standard InChI is InChI=1S/C32H33N3O3Si2/c1-38-29-21-25(17-19-40(5,6)7)20-28(30(29)35-31(36)26-12-8-24(22-33)9-13-26)32(37)34-27-14-10-23(11-15-27)16-18-39(2,3)4/h8-15,20-21H,1-7H3,(H,34,37)(H,35,36). The van der Waals surface area contributed by atoms with E-state index in [1.165, 1.54) is 7.11 Å². The van der Waals surface area contributed by atoms with Crippen LogP contribution in [0.15, 0.2) is 60.7 Å². The molecule has 202 valence electrons. The zero-order valence-corrected chi connectivity index (χ0v) is 25.9. The van der Waals surface area contributed by atoms with Crippen LogP contribution < -0.4 is 15.4 Å². The lowest BCUT2D eigenvalue weighted by Crippen LogP contribution is -2.19. The zero-order valence-electron chi connectivity index (χ0n) is 23.9. The molecule has 0 aliphatic carbocycles. The van der Waals surface area contributed by atoms with Gasteiger partial charge in [0.25, 0.3) is 11.8 Å². The molecule has 0 fully saturated rings. The Hall–Kier alpha value is -4.56. The van der Waals surface area contributed by atoms with Gasteiger partial charge in [-0.3, -0.25) is 9.59 Å². The minimum Gasteiger partial charge on any atom is -0.495 e. The van der Waals surface area contributed by atoms with Crippen LogP contribution in [0.4, 0.5) is 11.4 Å². The first kappa shape index (κ1) is 30.0. The van der Waals surface area contributed by atoms with Crippen molar-refractivity contribution in [1.82, 2.24) is 0 Å². The number of rotatable bonds is 5. The van der Waals surface area contributed by atoms with Crippen LogP contribution >= 0.6 is 0 Å². The highest BCUT2D eigenvalue weighted by Gasteiger charge is 2.21. The minimum absolute atomic E-state index is 0.212. The molecule has 0 saturated carbocycles. The Kier molecular flexibility index (Phi) is 9.40. The summed E-state index contributed by atoms with van der Waals surface area (Å²) in [5, 5.41) is 14.8. The molecule has 3 rings (SSSR count). The summed E-state index contributed by atoms with van der Waals surface area (Å²) in [6.07, 6.45) is 0. The van der Waals surface area contributed by atoms with E-state index in [0.29, 0.717) is 28.1 Å². The number of nitrogens with one attached hydrogen (secondary N) is 2. The van der Waals surface area contributed by atoms with Gasteiger partial charge in [-0.05, 0) is 60.7 Å². The molecule has 0 aliphatic rings. The van der Waals surface area contributed by atoms with Crippen molar-refractivity contribution in [2.75, 3.05) is 17.7 Å². The van der Waals surface area contributed by atoms with E-state index in [1.807, 2.05) is 18.2 Å². The molecular weight excluding hydrogens is 531 g/mol. The third kappa shape index (κ3) is 8.75. The number of anilines is 2. The molecule has 3 aromatic carbocycles. The van der Waals surface area contributed by atoms with Crippen molar-refractivity contribution in [3.63, 3.8) is 0 Å². The number of amides is 2. The molecule has 0 radical (unpaired) electrons. The van der Waals surface area contributed by atoms with Crippen molar-refractivity contribution < 1.29 is 14.3 Å². The molecule has 2 amide bonds. The summed E-state index contributed by atoms with van der Waals surface area (Å²) >= 11 is 0. The summed E-state index contributed by atoms with van der Waals surface area (Å²) in [6.45, 7) is 13.0. The fourth-order valence-electron chi connectivity index (χ4n) is 3.39. The Balaban J connectivity index is 2.00. The van der Waals surface area contributed by atoms with Gasteiger partial charge in [0.05, 0.1) is 30.0 Å². The third-order valence-electron chi connectivity index (χ3n) is 5.39. The Morgan fingerprint density at radius 2 is 1.27 bits per heavy atom.